The number of rotatable bonds is 63. The van der Waals surface area contributed by atoms with E-state index in [1.54, 1.807) is 0 Å². The van der Waals surface area contributed by atoms with Gasteiger partial charge in [-0.2, -0.15) is 0 Å². The summed E-state index contributed by atoms with van der Waals surface area (Å²) in [5, 5.41) is 0. The predicted molar refractivity (Wildman–Crippen MR) is 339 cm³/mol. The minimum Gasteiger partial charge on any atom is -0.462 e. The average molecular weight is 1090 g/mol. The molecule has 0 heterocycles. The van der Waals surface area contributed by atoms with Gasteiger partial charge >= 0.3 is 17.9 Å². The lowest BCUT2D eigenvalue weighted by Crippen LogP contribution is -2.30. The number of carbonyl (C=O) groups is 3. The highest BCUT2D eigenvalue weighted by molar-refractivity contribution is 5.71. The van der Waals surface area contributed by atoms with Crippen LogP contribution in [0, 0.1) is 0 Å². The van der Waals surface area contributed by atoms with E-state index in [0.717, 1.165) is 83.5 Å². The zero-order valence-corrected chi connectivity index (χ0v) is 52.2. The molecule has 0 aliphatic heterocycles. The van der Waals surface area contributed by atoms with Gasteiger partial charge in [-0.25, -0.2) is 0 Å². The maximum Gasteiger partial charge on any atom is 0.306 e. The molecule has 1 atom stereocenters. The number of ether oxygens (including phenoxy) is 3. The molecule has 0 N–H and O–H groups in total. The van der Waals surface area contributed by atoms with Crippen LogP contribution in [0.4, 0.5) is 0 Å². The summed E-state index contributed by atoms with van der Waals surface area (Å²) >= 11 is 0. The highest BCUT2D eigenvalue weighted by Crippen LogP contribution is 2.18. The quantitative estimate of drug-likeness (QED) is 0.0261. The predicted octanol–water partition coefficient (Wildman–Crippen LogP) is 23.5. The van der Waals surface area contributed by atoms with Crippen LogP contribution in [0.15, 0.2) is 60.8 Å². The van der Waals surface area contributed by atoms with Crippen molar-refractivity contribution < 1.29 is 28.6 Å². The van der Waals surface area contributed by atoms with Crippen molar-refractivity contribution in [3.63, 3.8) is 0 Å². The van der Waals surface area contributed by atoms with Gasteiger partial charge in [0, 0.05) is 19.3 Å². The molecule has 0 saturated heterocycles. The molecule has 0 aliphatic rings. The lowest BCUT2D eigenvalue weighted by Gasteiger charge is -2.18. The van der Waals surface area contributed by atoms with E-state index in [-0.39, 0.29) is 31.1 Å². The maximum atomic E-state index is 12.9. The standard InChI is InChI=1S/C72H130O6/c1-4-7-10-13-16-19-22-25-28-31-33-34-35-36-37-38-39-42-44-47-50-53-56-59-62-65-71(74)77-68-69(67-76-70(73)64-61-58-55-52-49-46-43-40-30-27-24-21-18-15-12-9-6-3)78-72(75)66-63-60-57-54-51-48-45-41-32-29-26-23-20-17-14-11-8-5-2/h7,10,16,19,25,28-29,32-34,69H,4-6,8-9,11-15,17-18,20-24,26-27,30-31,35-68H2,1-3H3/b10-7-,19-16-,28-25-,32-29-,34-33-. The van der Waals surface area contributed by atoms with E-state index in [4.69, 9.17) is 14.2 Å². The lowest BCUT2D eigenvalue weighted by atomic mass is 10.0. The molecule has 6 heteroatoms. The zero-order valence-electron chi connectivity index (χ0n) is 52.2. The van der Waals surface area contributed by atoms with Gasteiger partial charge in [-0.3, -0.25) is 14.4 Å². The first kappa shape index (κ1) is 75.1. The summed E-state index contributed by atoms with van der Waals surface area (Å²) in [4.78, 5) is 38.4. The normalized spacial score (nSPS) is 12.4. The molecule has 0 fully saturated rings. The molecule has 0 spiro atoms. The molecule has 0 amide bonds. The van der Waals surface area contributed by atoms with Gasteiger partial charge < -0.3 is 14.2 Å². The fourth-order valence-electron chi connectivity index (χ4n) is 10.1. The van der Waals surface area contributed by atoms with Crippen LogP contribution in [0.1, 0.15) is 361 Å². The Kier molecular flexibility index (Phi) is 64.2. The number of unbranched alkanes of at least 4 members (excludes halogenated alkanes) is 42. The smallest absolute Gasteiger partial charge is 0.306 e. The lowest BCUT2D eigenvalue weighted by molar-refractivity contribution is -0.167. The largest absolute Gasteiger partial charge is 0.462 e. The van der Waals surface area contributed by atoms with E-state index in [1.165, 1.54) is 238 Å². The number of carbonyl (C=O) groups excluding carboxylic acids is 3. The first-order valence-electron chi connectivity index (χ1n) is 34.3. The van der Waals surface area contributed by atoms with Crippen LogP contribution in [0.2, 0.25) is 0 Å². The van der Waals surface area contributed by atoms with Gasteiger partial charge in [0.25, 0.3) is 0 Å². The van der Waals surface area contributed by atoms with E-state index in [0.29, 0.717) is 19.3 Å². The number of hydrogen-bond donors (Lipinski definition) is 0. The second-order valence-corrected chi connectivity index (χ2v) is 23.1. The van der Waals surface area contributed by atoms with Gasteiger partial charge in [0.05, 0.1) is 0 Å². The number of esters is 3. The number of hydrogen-bond acceptors (Lipinski definition) is 6. The molecule has 0 aromatic carbocycles. The van der Waals surface area contributed by atoms with Crippen molar-refractivity contribution in [2.75, 3.05) is 13.2 Å². The minimum absolute atomic E-state index is 0.0716. The highest BCUT2D eigenvalue weighted by Gasteiger charge is 2.19. The van der Waals surface area contributed by atoms with Gasteiger partial charge in [-0.15, -0.1) is 0 Å². The monoisotopic (exact) mass is 1090 g/mol. The third-order valence-electron chi connectivity index (χ3n) is 15.3. The van der Waals surface area contributed by atoms with Crippen LogP contribution >= 0.6 is 0 Å². The molecule has 0 saturated carbocycles. The van der Waals surface area contributed by atoms with Crippen molar-refractivity contribution in [2.45, 2.75) is 367 Å². The van der Waals surface area contributed by atoms with Gasteiger partial charge in [0.15, 0.2) is 6.10 Å². The fraction of sp³-hybridized carbons (Fsp3) is 0.819. The summed E-state index contributed by atoms with van der Waals surface area (Å²) in [5.41, 5.74) is 0. The number of allylic oxidation sites excluding steroid dienone is 10. The first-order chi connectivity index (χ1) is 38.5. The molecule has 1 unspecified atom stereocenters. The topological polar surface area (TPSA) is 78.9 Å². The Morgan fingerprint density at radius 2 is 0.500 bits per heavy atom. The zero-order chi connectivity index (χ0) is 56.4. The average Bonchev–Trinajstić information content (AvgIpc) is 3.44. The van der Waals surface area contributed by atoms with Crippen LogP contribution in [-0.4, -0.2) is 37.2 Å². The van der Waals surface area contributed by atoms with E-state index < -0.39 is 6.10 Å². The van der Waals surface area contributed by atoms with E-state index in [1.807, 2.05) is 0 Å². The summed E-state index contributed by atoms with van der Waals surface area (Å²) in [7, 11) is 0. The van der Waals surface area contributed by atoms with Gasteiger partial charge in [0.2, 0.25) is 0 Å². The molecule has 454 valence electrons. The van der Waals surface area contributed by atoms with E-state index in [9.17, 15) is 14.4 Å². The molecule has 6 nitrogen and oxygen atoms in total. The molecule has 0 aliphatic carbocycles. The summed E-state index contributed by atoms with van der Waals surface area (Å²) in [6.45, 7) is 6.58. The third-order valence-corrected chi connectivity index (χ3v) is 15.3. The molecule has 0 radical (unpaired) electrons. The summed E-state index contributed by atoms with van der Waals surface area (Å²) in [5.74, 6) is -0.854. The van der Waals surface area contributed by atoms with E-state index in [2.05, 4.69) is 81.5 Å². The third kappa shape index (κ3) is 63.9. The van der Waals surface area contributed by atoms with Crippen molar-refractivity contribution in [1.82, 2.24) is 0 Å². The molecule has 0 rings (SSSR count). The second-order valence-electron chi connectivity index (χ2n) is 23.1. The van der Waals surface area contributed by atoms with E-state index >= 15 is 0 Å². The van der Waals surface area contributed by atoms with Crippen molar-refractivity contribution in [3.05, 3.63) is 60.8 Å². The van der Waals surface area contributed by atoms with Gasteiger partial charge in [-0.05, 0) is 83.5 Å². The summed E-state index contributed by atoms with van der Waals surface area (Å²) in [6.07, 6.45) is 85.2. The van der Waals surface area contributed by atoms with Crippen molar-refractivity contribution >= 4 is 17.9 Å². The van der Waals surface area contributed by atoms with Crippen molar-refractivity contribution in [2.24, 2.45) is 0 Å². The fourth-order valence-corrected chi connectivity index (χ4v) is 10.1. The minimum atomic E-state index is -0.776. The van der Waals surface area contributed by atoms with Crippen LogP contribution < -0.4 is 0 Å². The van der Waals surface area contributed by atoms with Gasteiger partial charge in [0.1, 0.15) is 13.2 Å². The van der Waals surface area contributed by atoms with Gasteiger partial charge in [-0.1, -0.05) is 319 Å². The Bertz CT molecular complexity index is 1390. The Morgan fingerprint density at radius 3 is 0.795 bits per heavy atom. The summed E-state index contributed by atoms with van der Waals surface area (Å²) in [6, 6.07) is 0. The molecular formula is C72H130O6. The molecule has 0 bridgehead atoms. The molecule has 78 heavy (non-hydrogen) atoms. The Labute approximate surface area is 485 Å². The van der Waals surface area contributed by atoms with Crippen molar-refractivity contribution in [3.8, 4) is 0 Å². The van der Waals surface area contributed by atoms with Crippen LogP contribution in [0.5, 0.6) is 0 Å². The van der Waals surface area contributed by atoms with Crippen LogP contribution in [0.25, 0.3) is 0 Å². The Balaban J connectivity index is 4.31. The summed E-state index contributed by atoms with van der Waals surface area (Å²) < 4.78 is 17.0. The van der Waals surface area contributed by atoms with Crippen LogP contribution in [0.3, 0.4) is 0 Å². The van der Waals surface area contributed by atoms with Crippen LogP contribution in [-0.2, 0) is 28.6 Å². The molecular weight excluding hydrogens is 961 g/mol. The maximum absolute atomic E-state index is 12.9. The molecule has 0 aromatic rings. The first-order valence-corrected chi connectivity index (χ1v) is 34.3. The molecule has 0 aromatic heterocycles. The Morgan fingerprint density at radius 1 is 0.269 bits per heavy atom. The highest BCUT2D eigenvalue weighted by atomic mass is 16.6. The van der Waals surface area contributed by atoms with Crippen molar-refractivity contribution in [1.29, 1.82) is 0 Å². The Hall–Kier alpha value is -2.89. The second kappa shape index (κ2) is 66.6. The SMILES string of the molecule is CC/C=C\C/C=C\C/C=C\C/C=C\CCCCCCCCCCCCCCC(=O)OCC(COC(=O)CCCCCCCCCCCCCCCCCCC)OC(=O)CCCCCCCCC/C=C\CCCCCCCCC.